The average Bonchev–Trinajstić information content (AvgIpc) is 3.49. The van der Waals surface area contributed by atoms with E-state index >= 15 is 0 Å². The molecule has 3 aromatic rings. The highest BCUT2D eigenvalue weighted by Crippen LogP contribution is 2.39. The molecule has 0 spiro atoms. The van der Waals surface area contributed by atoms with Crippen molar-refractivity contribution in [3.05, 3.63) is 47.6 Å². The van der Waals surface area contributed by atoms with Crippen LogP contribution in [-0.4, -0.2) is 42.7 Å². The zero-order chi connectivity index (χ0) is 23.1. The van der Waals surface area contributed by atoms with Crippen molar-refractivity contribution >= 4 is 35.1 Å². The third-order valence-electron chi connectivity index (χ3n) is 6.51. The minimum absolute atomic E-state index is 0.0257. The first kappa shape index (κ1) is 21.0. The van der Waals surface area contributed by atoms with Gasteiger partial charge in [0.15, 0.2) is 11.4 Å². The van der Waals surface area contributed by atoms with Gasteiger partial charge in [-0.05, 0) is 38.7 Å². The van der Waals surface area contributed by atoms with Crippen LogP contribution in [-0.2, 0) is 4.79 Å². The maximum atomic E-state index is 12.5. The molecule has 5 rings (SSSR count). The molecule has 0 amide bonds. The Bertz CT molecular complexity index is 1310. The minimum atomic E-state index is -0.767. The number of ketones is 1. The molecule has 1 aliphatic heterocycles. The van der Waals surface area contributed by atoms with Crippen LogP contribution < -0.4 is 5.73 Å². The normalized spacial score (nSPS) is 20.2. The summed E-state index contributed by atoms with van der Waals surface area (Å²) in [6.07, 6.45) is 10.5. The first-order valence-electron chi connectivity index (χ1n) is 11.0. The third-order valence-corrected chi connectivity index (χ3v) is 6.51. The lowest BCUT2D eigenvalue weighted by Crippen LogP contribution is -2.23. The van der Waals surface area contributed by atoms with E-state index in [0.717, 1.165) is 28.9 Å². The fourth-order valence-corrected chi connectivity index (χ4v) is 4.75. The molecule has 3 N–H and O–H groups in total. The number of carbonyl (C=O) groups is 2. The Morgan fingerprint density at radius 2 is 1.94 bits per heavy atom. The molecule has 1 saturated carbocycles. The summed E-state index contributed by atoms with van der Waals surface area (Å²) in [5.41, 5.74) is 11.2. The molecule has 0 unspecified atom stereocenters. The van der Waals surface area contributed by atoms with Crippen molar-refractivity contribution in [2.45, 2.75) is 44.9 Å². The number of aromatic nitrogens is 4. The molecule has 4 heterocycles. The molecule has 0 saturated heterocycles. The molecule has 0 atom stereocenters. The van der Waals surface area contributed by atoms with Gasteiger partial charge < -0.3 is 10.8 Å². The van der Waals surface area contributed by atoms with Gasteiger partial charge in [0.1, 0.15) is 5.82 Å². The molecule has 0 bridgehead atoms. The van der Waals surface area contributed by atoms with Crippen LogP contribution in [0.4, 0.5) is 5.82 Å². The zero-order valence-electron chi connectivity index (χ0n) is 18.2. The van der Waals surface area contributed by atoms with Crippen LogP contribution in [0.5, 0.6) is 0 Å². The number of pyridine rings is 1. The van der Waals surface area contributed by atoms with Gasteiger partial charge in [-0.25, -0.2) is 4.98 Å². The maximum absolute atomic E-state index is 12.5. The second-order valence-electron chi connectivity index (χ2n) is 8.56. The van der Waals surface area contributed by atoms with Crippen molar-refractivity contribution in [2.75, 3.05) is 5.73 Å². The average molecular weight is 444 g/mol. The largest absolute Gasteiger partial charge is 0.481 e. The van der Waals surface area contributed by atoms with Crippen molar-refractivity contribution in [2.24, 2.45) is 10.9 Å². The second-order valence-corrected chi connectivity index (χ2v) is 8.56. The molecule has 0 aromatic carbocycles. The van der Waals surface area contributed by atoms with Gasteiger partial charge >= 0.3 is 5.97 Å². The maximum Gasteiger partial charge on any atom is 0.306 e. The summed E-state index contributed by atoms with van der Waals surface area (Å²) < 4.78 is 1.50. The van der Waals surface area contributed by atoms with Crippen molar-refractivity contribution in [1.29, 1.82) is 0 Å². The summed E-state index contributed by atoms with van der Waals surface area (Å²) in [6, 6.07) is 3.86. The van der Waals surface area contributed by atoms with E-state index in [2.05, 4.69) is 15.1 Å². The number of carboxylic acids is 1. The van der Waals surface area contributed by atoms with Gasteiger partial charge in [-0.2, -0.15) is 9.61 Å². The first-order chi connectivity index (χ1) is 15.9. The molecule has 1 aliphatic carbocycles. The Balaban J connectivity index is 1.56. The van der Waals surface area contributed by atoms with E-state index in [1.807, 2.05) is 24.4 Å². The Labute approximate surface area is 190 Å². The van der Waals surface area contributed by atoms with Crippen LogP contribution in [0.3, 0.4) is 0 Å². The quantitative estimate of drug-likeness (QED) is 0.572. The zero-order valence-corrected chi connectivity index (χ0v) is 18.2. The summed E-state index contributed by atoms with van der Waals surface area (Å²) in [7, 11) is 0. The smallest absolute Gasteiger partial charge is 0.306 e. The van der Waals surface area contributed by atoms with Gasteiger partial charge in [0.2, 0.25) is 0 Å². The van der Waals surface area contributed by atoms with Crippen LogP contribution >= 0.6 is 0 Å². The second kappa shape index (κ2) is 8.23. The Hall–Kier alpha value is -3.88. The van der Waals surface area contributed by atoms with E-state index in [1.165, 1.54) is 11.4 Å². The number of fused-ring (bicyclic) bond motifs is 1. The Morgan fingerprint density at radius 3 is 2.55 bits per heavy atom. The summed E-state index contributed by atoms with van der Waals surface area (Å²) >= 11 is 0. The Kier molecular flexibility index (Phi) is 5.24. The molecular weight excluding hydrogens is 420 g/mol. The molecule has 168 valence electrons. The number of hydrogen-bond donors (Lipinski definition) is 2. The summed E-state index contributed by atoms with van der Waals surface area (Å²) in [5.74, 6) is -1.06. The summed E-state index contributed by atoms with van der Waals surface area (Å²) in [6.45, 7) is 1.47. The molecule has 9 heteroatoms. The van der Waals surface area contributed by atoms with Gasteiger partial charge in [0, 0.05) is 35.9 Å². The number of carboxylic acid groups (broad SMARTS) is 1. The number of allylic oxidation sites excluding steroid dienone is 1. The standard InChI is InChI=1S/C24H24N6O3/c1-13(31)20-21(14-4-6-15(7-5-14)24(32)33)29-23-17(12-28-30(23)22(20)25)16-8-9-19(27-11-16)18-3-2-10-26-18/h3,8-12,14-15H,2,4-7,25H2,1H3,(H,32,33). The van der Waals surface area contributed by atoms with Crippen molar-refractivity contribution in [3.8, 4) is 11.1 Å². The van der Waals surface area contributed by atoms with E-state index in [9.17, 15) is 14.7 Å². The highest BCUT2D eigenvalue weighted by Gasteiger charge is 2.31. The first-order valence-corrected chi connectivity index (χ1v) is 11.0. The SMILES string of the molecule is CC(=O)c1c(C2CCC(C(=O)O)CC2)nc2c(-c3ccc(C4=CCC=N4)nc3)cnn2c1N. The van der Waals surface area contributed by atoms with Gasteiger partial charge in [0.05, 0.1) is 34.8 Å². The van der Waals surface area contributed by atoms with Crippen LogP contribution in [0, 0.1) is 5.92 Å². The van der Waals surface area contributed by atoms with E-state index in [-0.39, 0.29) is 23.4 Å². The van der Waals surface area contributed by atoms with E-state index in [1.54, 1.807) is 12.4 Å². The van der Waals surface area contributed by atoms with Crippen LogP contribution in [0.2, 0.25) is 0 Å². The third kappa shape index (κ3) is 3.69. The molecular formula is C24H24N6O3. The number of aliphatic carboxylic acids is 1. The molecule has 2 aliphatic rings. The van der Waals surface area contributed by atoms with Gasteiger partial charge in [-0.15, -0.1) is 0 Å². The summed E-state index contributed by atoms with van der Waals surface area (Å²) in [4.78, 5) is 37.6. The summed E-state index contributed by atoms with van der Waals surface area (Å²) in [5, 5.41) is 13.7. The number of anilines is 1. The van der Waals surface area contributed by atoms with Crippen LogP contribution in [0.25, 0.3) is 22.5 Å². The molecule has 9 nitrogen and oxygen atoms in total. The fourth-order valence-electron chi connectivity index (χ4n) is 4.75. The van der Waals surface area contributed by atoms with Crippen LogP contribution in [0.15, 0.2) is 35.6 Å². The molecule has 0 radical (unpaired) electrons. The molecule has 1 fully saturated rings. The lowest BCUT2D eigenvalue weighted by Gasteiger charge is -2.27. The Morgan fingerprint density at radius 1 is 1.15 bits per heavy atom. The number of nitrogens with zero attached hydrogens (tertiary/aromatic N) is 5. The van der Waals surface area contributed by atoms with Gasteiger partial charge in [-0.3, -0.25) is 19.6 Å². The number of hydrogen-bond acceptors (Lipinski definition) is 7. The van der Waals surface area contributed by atoms with E-state index in [4.69, 9.17) is 10.7 Å². The van der Waals surface area contributed by atoms with E-state index < -0.39 is 5.97 Å². The highest BCUT2D eigenvalue weighted by atomic mass is 16.4. The van der Waals surface area contributed by atoms with Gasteiger partial charge in [-0.1, -0.05) is 12.1 Å². The number of rotatable bonds is 5. The number of nitrogens with two attached hydrogens (primary N) is 1. The lowest BCUT2D eigenvalue weighted by atomic mass is 9.79. The number of aliphatic imine (C=N–C) groups is 1. The monoisotopic (exact) mass is 444 g/mol. The van der Waals surface area contributed by atoms with Crippen molar-refractivity contribution in [1.82, 2.24) is 19.6 Å². The number of Topliss-reactive ketones (excluding diaryl/α,β-unsaturated/α-hetero) is 1. The molecule has 3 aromatic heterocycles. The minimum Gasteiger partial charge on any atom is -0.481 e. The predicted molar refractivity (Wildman–Crippen MR) is 124 cm³/mol. The highest BCUT2D eigenvalue weighted by molar-refractivity contribution is 6.00. The number of carbonyl (C=O) groups excluding carboxylic acids is 1. The van der Waals surface area contributed by atoms with Crippen molar-refractivity contribution < 1.29 is 14.7 Å². The molecule has 33 heavy (non-hydrogen) atoms. The lowest BCUT2D eigenvalue weighted by molar-refractivity contribution is -0.142. The fraction of sp³-hybridized carbons (Fsp3) is 0.333. The van der Waals surface area contributed by atoms with E-state index in [0.29, 0.717) is 42.6 Å². The van der Waals surface area contributed by atoms with Crippen molar-refractivity contribution in [3.63, 3.8) is 0 Å². The number of nitrogen functional groups attached to an aromatic ring is 1. The van der Waals surface area contributed by atoms with Crippen LogP contribution in [0.1, 0.15) is 66.7 Å². The topological polar surface area (TPSA) is 136 Å². The van der Waals surface area contributed by atoms with Gasteiger partial charge in [0.25, 0.3) is 0 Å². The predicted octanol–water partition coefficient (Wildman–Crippen LogP) is 3.75.